The zero-order valence-corrected chi connectivity index (χ0v) is 15.5. The Kier molecular flexibility index (Phi) is 4.34. The maximum Gasteiger partial charge on any atom is 0.415 e. The first kappa shape index (κ1) is 17.8. The van der Waals surface area contributed by atoms with E-state index < -0.39 is 6.09 Å². The van der Waals surface area contributed by atoms with Crippen LogP contribution in [0.4, 0.5) is 9.59 Å². The summed E-state index contributed by atoms with van der Waals surface area (Å²) in [5.74, 6) is 1.59. The van der Waals surface area contributed by atoms with Crippen molar-refractivity contribution >= 4 is 23.0 Å². The molecule has 0 fully saturated rings. The van der Waals surface area contributed by atoms with Crippen LogP contribution in [0.5, 0.6) is 11.6 Å². The van der Waals surface area contributed by atoms with Crippen LogP contribution in [0.15, 0.2) is 30.5 Å². The average Bonchev–Trinajstić information content (AvgIpc) is 3.10. The highest BCUT2D eigenvalue weighted by atomic mass is 16.5. The Balaban J connectivity index is 1.66. The van der Waals surface area contributed by atoms with Gasteiger partial charge in [0.1, 0.15) is 11.6 Å². The summed E-state index contributed by atoms with van der Waals surface area (Å²) in [5, 5.41) is 12.6. The molecule has 1 aromatic carbocycles. The smallest absolute Gasteiger partial charge is 0.415 e. The number of carboxylic acid groups (broad SMARTS) is 1. The van der Waals surface area contributed by atoms with Gasteiger partial charge < -0.3 is 20.1 Å². The second-order valence-corrected chi connectivity index (χ2v) is 6.52. The highest BCUT2D eigenvalue weighted by Gasteiger charge is 2.25. The molecule has 0 saturated carbocycles. The van der Waals surface area contributed by atoms with E-state index in [4.69, 9.17) is 4.74 Å². The van der Waals surface area contributed by atoms with Crippen molar-refractivity contribution < 1.29 is 19.4 Å². The lowest BCUT2D eigenvalue weighted by Crippen LogP contribution is -2.41. The number of carbonyl (C=O) groups is 2. The standard InChI is InChI=1S/C19H19N5O4/c1-11-21-15-10-23(18(25)20-2)7-6-14(15)17(22-11)28-13-3-4-16-12(9-13)5-8-24(16)19(26)27/h3-5,8-9H,6-7,10H2,1-2H3,(H,20,25)(H,26,27). The highest BCUT2D eigenvalue weighted by Crippen LogP contribution is 2.31. The fraction of sp³-hybridized carbons (Fsp3) is 0.263. The number of amides is 2. The van der Waals surface area contributed by atoms with Crippen molar-refractivity contribution in [2.45, 2.75) is 19.9 Å². The summed E-state index contributed by atoms with van der Waals surface area (Å²) in [6.45, 7) is 2.73. The van der Waals surface area contributed by atoms with Crippen LogP contribution < -0.4 is 10.1 Å². The number of fused-ring (bicyclic) bond motifs is 2. The summed E-state index contributed by atoms with van der Waals surface area (Å²) in [4.78, 5) is 33.7. The van der Waals surface area contributed by atoms with Crippen molar-refractivity contribution in [3.05, 3.63) is 47.5 Å². The van der Waals surface area contributed by atoms with Gasteiger partial charge in [0.05, 0.1) is 17.8 Å². The molecule has 0 unspecified atom stereocenters. The van der Waals surface area contributed by atoms with Crippen LogP contribution in [-0.4, -0.2) is 50.3 Å². The van der Waals surface area contributed by atoms with Gasteiger partial charge in [0.15, 0.2) is 0 Å². The van der Waals surface area contributed by atoms with E-state index >= 15 is 0 Å². The number of nitrogens with one attached hydrogen (secondary N) is 1. The average molecular weight is 381 g/mol. The quantitative estimate of drug-likeness (QED) is 0.706. The first-order valence-corrected chi connectivity index (χ1v) is 8.81. The Morgan fingerprint density at radius 2 is 2.07 bits per heavy atom. The highest BCUT2D eigenvalue weighted by molar-refractivity contribution is 5.89. The number of nitrogens with zero attached hydrogens (tertiary/aromatic N) is 4. The Labute approximate surface area is 160 Å². The molecule has 4 rings (SSSR count). The predicted molar refractivity (Wildman–Crippen MR) is 101 cm³/mol. The van der Waals surface area contributed by atoms with Gasteiger partial charge in [-0.1, -0.05) is 0 Å². The number of benzene rings is 1. The zero-order chi connectivity index (χ0) is 19.8. The largest absolute Gasteiger partial charge is 0.464 e. The van der Waals surface area contributed by atoms with Crippen LogP contribution in [0.25, 0.3) is 10.9 Å². The van der Waals surface area contributed by atoms with E-state index in [9.17, 15) is 14.7 Å². The van der Waals surface area contributed by atoms with E-state index in [1.807, 2.05) is 0 Å². The lowest BCUT2D eigenvalue weighted by Gasteiger charge is -2.28. The number of ether oxygens (including phenoxy) is 1. The molecule has 0 bridgehead atoms. The molecule has 28 heavy (non-hydrogen) atoms. The van der Waals surface area contributed by atoms with E-state index in [1.54, 1.807) is 43.1 Å². The van der Waals surface area contributed by atoms with Gasteiger partial charge in [-0.15, -0.1) is 0 Å². The Morgan fingerprint density at radius 1 is 1.25 bits per heavy atom. The van der Waals surface area contributed by atoms with Crippen molar-refractivity contribution in [1.29, 1.82) is 0 Å². The molecule has 3 heterocycles. The molecule has 0 saturated heterocycles. The third-order valence-electron chi connectivity index (χ3n) is 4.72. The number of urea groups is 1. The number of hydrogen-bond donors (Lipinski definition) is 2. The molecule has 9 heteroatoms. The summed E-state index contributed by atoms with van der Waals surface area (Å²) in [6, 6.07) is 6.77. The van der Waals surface area contributed by atoms with Crippen LogP contribution in [0.2, 0.25) is 0 Å². The number of aryl methyl sites for hydroxylation is 1. The minimum atomic E-state index is -1.04. The molecule has 3 aromatic rings. The van der Waals surface area contributed by atoms with Crippen LogP contribution >= 0.6 is 0 Å². The van der Waals surface area contributed by atoms with E-state index in [0.29, 0.717) is 42.5 Å². The second kappa shape index (κ2) is 6.84. The molecule has 2 aromatic heterocycles. The summed E-state index contributed by atoms with van der Waals surface area (Å²) in [6.07, 6.45) is 1.06. The van der Waals surface area contributed by atoms with Gasteiger partial charge in [-0.2, -0.15) is 4.98 Å². The van der Waals surface area contributed by atoms with Crippen molar-refractivity contribution in [2.75, 3.05) is 13.6 Å². The summed E-state index contributed by atoms with van der Waals surface area (Å²) in [7, 11) is 1.60. The second-order valence-electron chi connectivity index (χ2n) is 6.52. The van der Waals surface area contributed by atoms with Crippen LogP contribution in [0.3, 0.4) is 0 Å². The lowest BCUT2D eigenvalue weighted by atomic mass is 10.1. The van der Waals surface area contributed by atoms with Crippen molar-refractivity contribution in [3.8, 4) is 11.6 Å². The molecule has 0 spiro atoms. The molecule has 0 radical (unpaired) electrons. The topological polar surface area (TPSA) is 110 Å². The van der Waals surface area contributed by atoms with Gasteiger partial charge in [-0.3, -0.25) is 4.57 Å². The first-order valence-electron chi connectivity index (χ1n) is 8.81. The molecule has 144 valence electrons. The molecule has 1 aliphatic heterocycles. The third-order valence-corrected chi connectivity index (χ3v) is 4.72. The van der Waals surface area contributed by atoms with E-state index in [-0.39, 0.29) is 6.03 Å². The first-order chi connectivity index (χ1) is 13.5. The molecule has 1 aliphatic rings. The minimum absolute atomic E-state index is 0.141. The molecule has 9 nitrogen and oxygen atoms in total. The molecule has 2 N–H and O–H groups in total. The van der Waals surface area contributed by atoms with Gasteiger partial charge >= 0.3 is 12.1 Å². The summed E-state index contributed by atoms with van der Waals surface area (Å²) >= 11 is 0. The fourth-order valence-electron chi connectivity index (χ4n) is 3.39. The number of carbonyl (C=O) groups excluding carboxylic acids is 1. The SMILES string of the molecule is CNC(=O)N1CCc2c(nc(C)nc2Oc2ccc3c(ccn3C(=O)O)c2)C1. The van der Waals surface area contributed by atoms with Gasteiger partial charge in [0.2, 0.25) is 5.88 Å². The molecular weight excluding hydrogens is 362 g/mol. The summed E-state index contributed by atoms with van der Waals surface area (Å²) in [5.41, 5.74) is 2.24. The Hall–Kier alpha value is -3.62. The predicted octanol–water partition coefficient (Wildman–Crippen LogP) is 2.76. The van der Waals surface area contributed by atoms with Crippen molar-refractivity contribution in [3.63, 3.8) is 0 Å². The van der Waals surface area contributed by atoms with E-state index in [0.717, 1.165) is 21.2 Å². The van der Waals surface area contributed by atoms with E-state index in [2.05, 4.69) is 15.3 Å². The van der Waals surface area contributed by atoms with Crippen molar-refractivity contribution in [2.24, 2.45) is 0 Å². The lowest BCUT2D eigenvalue weighted by molar-refractivity contribution is 0.193. The number of aromatic nitrogens is 3. The van der Waals surface area contributed by atoms with Gasteiger partial charge in [0, 0.05) is 30.7 Å². The van der Waals surface area contributed by atoms with Crippen molar-refractivity contribution in [1.82, 2.24) is 24.8 Å². The van der Waals surface area contributed by atoms with Gasteiger partial charge in [-0.05, 0) is 37.6 Å². The Morgan fingerprint density at radius 3 is 2.82 bits per heavy atom. The molecule has 2 amide bonds. The molecule has 0 atom stereocenters. The number of hydrogen-bond acceptors (Lipinski definition) is 5. The van der Waals surface area contributed by atoms with Crippen LogP contribution in [0, 0.1) is 6.92 Å². The monoisotopic (exact) mass is 381 g/mol. The van der Waals surface area contributed by atoms with Crippen LogP contribution in [-0.2, 0) is 13.0 Å². The molecular formula is C19H19N5O4. The minimum Gasteiger partial charge on any atom is -0.464 e. The normalized spacial score (nSPS) is 13.3. The molecule has 0 aliphatic carbocycles. The summed E-state index contributed by atoms with van der Waals surface area (Å²) < 4.78 is 7.19. The fourth-order valence-corrected chi connectivity index (χ4v) is 3.39. The zero-order valence-electron chi connectivity index (χ0n) is 15.5. The third kappa shape index (κ3) is 3.11. The van der Waals surface area contributed by atoms with Gasteiger partial charge in [0.25, 0.3) is 0 Å². The number of rotatable bonds is 2. The van der Waals surface area contributed by atoms with E-state index in [1.165, 1.54) is 6.20 Å². The Bertz CT molecular complexity index is 1090. The maximum absolute atomic E-state index is 11.9. The maximum atomic E-state index is 11.9. The van der Waals surface area contributed by atoms with Crippen LogP contribution in [0.1, 0.15) is 17.1 Å². The van der Waals surface area contributed by atoms with Gasteiger partial charge in [-0.25, -0.2) is 14.6 Å².